The van der Waals surface area contributed by atoms with Gasteiger partial charge in [-0.2, -0.15) is 0 Å². The maximum atomic E-state index is 8.48. The van der Waals surface area contributed by atoms with Gasteiger partial charge in [-0.3, -0.25) is 4.90 Å². The first-order valence-corrected chi connectivity index (χ1v) is 5.42. The predicted octanol–water partition coefficient (Wildman–Crippen LogP) is 0.871. The van der Waals surface area contributed by atoms with Crippen LogP contribution in [0.5, 0.6) is 0 Å². The molecule has 5 nitrogen and oxygen atoms in total. The van der Waals surface area contributed by atoms with E-state index in [1.165, 1.54) is 0 Å². The van der Waals surface area contributed by atoms with E-state index in [-0.39, 0.29) is 5.84 Å². The topological polar surface area (TPSA) is 71.1 Å². The van der Waals surface area contributed by atoms with Gasteiger partial charge in [-0.1, -0.05) is 12.1 Å². The summed E-state index contributed by atoms with van der Waals surface area (Å²) < 4.78 is 4.98. The molecule has 90 valence electrons. The summed E-state index contributed by atoms with van der Waals surface area (Å²) in [6, 6.07) is 0. The largest absolute Gasteiger partial charge is 0.409 e. The molecule has 15 heavy (non-hydrogen) atoms. The van der Waals surface area contributed by atoms with Crippen LogP contribution in [0, 0.1) is 0 Å². The molecule has 0 unspecified atom stereocenters. The molecule has 0 rings (SSSR count). The highest BCUT2D eigenvalue weighted by atomic mass is 16.5. The molecule has 0 heterocycles. The lowest BCUT2D eigenvalue weighted by atomic mass is 10.3. The van der Waals surface area contributed by atoms with Crippen molar-refractivity contribution in [3.8, 4) is 0 Å². The van der Waals surface area contributed by atoms with E-state index in [9.17, 15) is 0 Å². The Kier molecular flexibility index (Phi) is 9.21. The van der Waals surface area contributed by atoms with Crippen molar-refractivity contribution in [3.05, 3.63) is 0 Å². The second-order valence-corrected chi connectivity index (χ2v) is 3.57. The Hall–Kier alpha value is -0.810. The Morgan fingerprint density at radius 2 is 2.13 bits per heavy atom. The Morgan fingerprint density at radius 1 is 1.40 bits per heavy atom. The van der Waals surface area contributed by atoms with Crippen LogP contribution in [0.1, 0.15) is 26.2 Å². The Balaban J connectivity index is 3.72. The average Bonchev–Trinajstić information content (AvgIpc) is 2.24. The van der Waals surface area contributed by atoms with Crippen molar-refractivity contribution < 1.29 is 9.94 Å². The summed E-state index contributed by atoms with van der Waals surface area (Å²) in [5.74, 6) is 0.273. The number of amidine groups is 1. The number of hydrogen-bond acceptors (Lipinski definition) is 4. The first kappa shape index (κ1) is 14.2. The van der Waals surface area contributed by atoms with E-state index in [2.05, 4.69) is 17.0 Å². The fourth-order valence-corrected chi connectivity index (χ4v) is 1.43. The number of unbranched alkanes of at least 4 members (excludes halogenated alkanes) is 1. The van der Waals surface area contributed by atoms with Crippen LogP contribution in [0.15, 0.2) is 5.16 Å². The van der Waals surface area contributed by atoms with Gasteiger partial charge in [0.25, 0.3) is 0 Å². The molecule has 0 bridgehead atoms. The van der Waals surface area contributed by atoms with Crippen molar-refractivity contribution in [2.45, 2.75) is 26.2 Å². The smallest absolute Gasteiger partial charge is 0.153 e. The molecule has 0 aromatic heterocycles. The minimum Gasteiger partial charge on any atom is -0.409 e. The zero-order valence-corrected chi connectivity index (χ0v) is 9.78. The number of ether oxygens (including phenoxy) is 1. The molecule has 0 saturated heterocycles. The van der Waals surface area contributed by atoms with Gasteiger partial charge in [0.15, 0.2) is 5.84 Å². The molecule has 5 heteroatoms. The van der Waals surface area contributed by atoms with Crippen LogP contribution in [0.3, 0.4) is 0 Å². The lowest BCUT2D eigenvalue weighted by Crippen LogP contribution is -2.35. The molecular weight excluding hydrogens is 194 g/mol. The van der Waals surface area contributed by atoms with Gasteiger partial charge in [-0.05, 0) is 32.4 Å². The van der Waals surface area contributed by atoms with E-state index in [1.807, 2.05) is 0 Å². The van der Waals surface area contributed by atoms with E-state index in [0.29, 0.717) is 6.54 Å². The van der Waals surface area contributed by atoms with Crippen molar-refractivity contribution in [2.75, 3.05) is 33.4 Å². The van der Waals surface area contributed by atoms with Crippen LogP contribution < -0.4 is 5.73 Å². The molecule has 0 aromatic carbocycles. The Labute approximate surface area is 91.9 Å². The predicted molar refractivity (Wildman–Crippen MR) is 61.2 cm³/mol. The van der Waals surface area contributed by atoms with Crippen molar-refractivity contribution in [1.82, 2.24) is 4.90 Å². The highest BCUT2D eigenvalue weighted by Crippen LogP contribution is 1.97. The van der Waals surface area contributed by atoms with Gasteiger partial charge in [0, 0.05) is 13.7 Å². The van der Waals surface area contributed by atoms with Crippen LogP contribution in [0.4, 0.5) is 0 Å². The van der Waals surface area contributed by atoms with Crippen molar-refractivity contribution >= 4 is 5.84 Å². The lowest BCUT2D eigenvalue weighted by molar-refractivity contribution is 0.186. The number of hydrogen-bond donors (Lipinski definition) is 2. The summed E-state index contributed by atoms with van der Waals surface area (Å²) >= 11 is 0. The second-order valence-electron chi connectivity index (χ2n) is 3.57. The standard InChI is InChI=1S/C10H23N3O2/c1-3-6-13(9-10(11)12-14)7-4-5-8-15-2/h14H,3-9H2,1-2H3,(H2,11,12). The van der Waals surface area contributed by atoms with Crippen molar-refractivity contribution in [1.29, 1.82) is 0 Å². The number of rotatable bonds is 9. The van der Waals surface area contributed by atoms with E-state index >= 15 is 0 Å². The summed E-state index contributed by atoms with van der Waals surface area (Å²) in [4.78, 5) is 2.19. The summed E-state index contributed by atoms with van der Waals surface area (Å²) in [5, 5.41) is 11.5. The van der Waals surface area contributed by atoms with Crippen LogP contribution in [-0.2, 0) is 4.74 Å². The number of nitrogens with two attached hydrogens (primary N) is 1. The first-order chi connectivity index (χ1) is 7.24. The Bertz CT molecular complexity index is 174. The van der Waals surface area contributed by atoms with Gasteiger partial charge in [-0.15, -0.1) is 0 Å². The molecule has 0 saturated carbocycles. The molecule has 0 amide bonds. The summed E-state index contributed by atoms with van der Waals surface area (Å²) in [5.41, 5.74) is 5.47. The van der Waals surface area contributed by atoms with Gasteiger partial charge < -0.3 is 15.7 Å². The molecule has 0 atom stereocenters. The van der Waals surface area contributed by atoms with E-state index in [1.54, 1.807) is 7.11 Å². The molecule has 0 spiro atoms. The molecule has 0 aromatic rings. The quantitative estimate of drug-likeness (QED) is 0.198. The molecule has 0 fully saturated rings. The maximum absolute atomic E-state index is 8.48. The SMILES string of the molecule is CCCN(CCCCOC)CC(N)=NO. The van der Waals surface area contributed by atoms with Gasteiger partial charge in [0.2, 0.25) is 0 Å². The van der Waals surface area contributed by atoms with Gasteiger partial charge >= 0.3 is 0 Å². The van der Waals surface area contributed by atoms with Crippen LogP contribution in [-0.4, -0.2) is 49.3 Å². The summed E-state index contributed by atoms with van der Waals surface area (Å²) in [7, 11) is 1.71. The molecule has 0 aliphatic rings. The fourth-order valence-electron chi connectivity index (χ4n) is 1.43. The average molecular weight is 217 g/mol. The monoisotopic (exact) mass is 217 g/mol. The van der Waals surface area contributed by atoms with Crippen molar-refractivity contribution in [2.24, 2.45) is 10.9 Å². The molecule has 0 radical (unpaired) electrons. The van der Waals surface area contributed by atoms with Crippen LogP contribution in [0.2, 0.25) is 0 Å². The van der Waals surface area contributed by atoms with Crippen LogP contribution >= 0.6 is 0 Å². The zero-order valence-electron chi connectivity index (χ0n) is 9.78. The molecule has 0 aliphatic heterocycles. The maximum Gasteiger partial charge on any atom is 0.153 e. The summed E-state index contributed by atoms with van der Waals surface area (Å²) in [6.07, 6.45) is 3.20. The molecular formula is C10H23N3O2. The highest BCUT2D eigenvalue weighted by Gasteiger charge is 2.05. The lowest BCUT2D eigenvalue weighted by Gasteiger charge is -2.20. The third-order valence-electron chi connectivity index (χ3n) is 2.13. The molecule has 0 aliphatic carbocycles. The third-order valence-corrected chi connectivity index (χ3v) is 2.13. The zero-order chi connectivity index (χ0) is 11.5. The van der Waals surface area contributed by atoms with Crippen molar-refractivity contribution in [3.63, 3.8) is 0 Å². The minimum atomic E-state index is 0.273. The number of nitrogens with zero attached hydrogens (tertiary/aromatic N) is 2. The third kappa shape index (κ3) is 8.20. The first-order valence-electron chi connectivity index (χ1n) is 5.42. The molecule has 3 N–H and O–H groups in total. The van der Waals surface area contributed by atoms with E-state index in [0.717, 1.165) is 39.0 Å². The van der Waals surface area contributed by atoms with E-state index < -0.39 is 0 Å². The van der Waals surface area contributed by atoms with Crippen LogP contribution in [0.25, 0.3) is 0 Å². The normalized spacial score (nSPS) is 12.3. The number of oxime groups is 1. The minimum absolute atomic E-state index is 0.273. The van der Waals surface area contributed by atoms with E-state index in [4.69, 9.17) is 15.7 Å². The Morgan fingerprint density at radius 3 is 2.67 bits per heavy atom. The van der Waals surface area contributed by atoms with Gasteiger partial charge in [-0.25, -0.2) is 0 Å². The highest BCUT2D eigenvalue weighted by molar-refractivity contribution is 5.81. The fraction of sp³-hybridized carbons (Fsp3) is 0.900. The number of methoxy groups -OCH3 is 1. The van der Waals surface area contributed by atoms with Gasteiger partial charge in [0.05, 0.1) is 6.54 Å². The second kappa shape index (κ2) is 9.73. The summed E-state index contributed by atoms with van der Waals surface area (Å²) in [6.45, 7) is 5.39. The van der Waals surface area contributed by atoms with Gasteiger partial charge in [0.1, 0.15) is 0 Å².